The Labute approximate surface area is 166 Å². The fourth-order valence-corrected chi connectivity index (χ4v) is 3.68. The van der Waals surface area contributed by atoms with Crippen molar-refractivity contribution < 1.29 is 4.79 Å². The molecule has 136 valence electrons. The van der Waals surface area contributed by atoms with Crippen molar-refractivity contribution >= 4 is 52.2 Å². The molecule has 0 saturated carbocycles. The first-order chi connectivity index (χ1) is 12.5. The van der Waals surface area contributed by atoms with Gasteiger partial charge < -0.3 is 5.32 Å². The lowest BCUT2D eigenvalue weighted by Gasteiger charge is -2.10. The number of hydrogen-bond donors (Lipinski definition) is 1. The molecule has 2 heterocycles. The van der Waals surface area contributed by atoms with Crippen molar-refractivity contribution in [3.63, 3.8) is 0 Å². The van der Waals surface area contributed by atoms with Gasteiger partial charge in [-0.1, -0.05) is 60.9 Å². The number of carbonyl (C=O) groups excluding carboxylic acids is 1. The normalized spacial score (nSPS) is 12.3. The van der Waals surface area contributed by atoms with Crippen molar-refractivity contribution in [2.24, 2.45) is 0 Å². The van der Waals surface area contributed by atoms with Crippen LogP contribution in [-0.4, -0.2) is 26.3 Å². The summed E-state index contributed by atoms with van der Waals surface area (Å²) in [5, 5.41) is 12.4. The van der Waals surface area contributed by atoms with Crippen LogP contribution in [0.25, 0.3) is 5.65 Å². The molecular weight excluding hydrogens is 391 g/mol. The highest BCUT2D eigenvalue weighted by molar-refractivity contribution is 7.99. The number of anilines is 1. The van der Waals surface area contributed by atoms with Crippen LogP contribution in [0.2, 0.25) is 10.0 Å². The molecule has 0 bridgehead atoms. The Kier molecular flexibility index (Phi) is 6.06. The summed E-state index contributed by atoms with van der Waals surface area (Å²) >= 11 is 13.4. The molecule has 0 aliphatic heterocycles. The van der Waals surface area contributed by atoms with E-state index < -0.39 is 0 Å². The predicted molar refractivity (Wildman–Crippen MR) is 108 cm³/mol. The molecule has 0 radical (unpaired) electrons. The van der Waals surface area contributed by atoms with Crippen LogP contribution in [0.5, 0.6) is 0 Å². The number of nitrogens with one attached hydrogen (secondary N) is 1. The van der Waals surface area contributed by atoms with Crippen LogP contribution < -0.4 is 5.32 Å². The molecule has 3 aromatic rings. The van der Waals surface area contributed by atoms with E-state index in [-0.39, 0.29) is 11.7 Å². The smallest absolute Gasteiger partial charge is 0.234 e. The SMILES string of the molecule is CC[C@@H](C)c1ccc(NC(=O)CSc2nnc3c(Cl)cc(Cl)cn23)cc1. The molecule has 3 rings (SSSR count). The molecule has 8 heteroatoms. The van der Waals surface area contributed by atoms with Gasteiger partial charge in [0.2, 0.25) is 5.91 Å². The van der Waals surface area contributed by atoms with Crippen LogP contribution in [0.4, 0.5) is 5.69 Å². The molecule has 1 atom stereocenters. The van der Waals surface area contributed by atoms with Crippen LogP contribution >= 0.6 is 35.0 Å². The molecule has 0 fully saturated rings. The van der Waals surface area contributed by atoms with Gasteiger partial charge in [-0.25, -0.2) is 0 Å². The molecule has 26 heavy (non-hydrogen) atoms. The number of pyridine rings is 1. The van der Waals surface area contributed by atoms with Crippen LogP contribution in [0.1, 0.15) is 31.7 Å². The second-order valence-corrected chi connectivity index (χ2v) is 7.74. The van der Waals surface area contributed by atoms with Crippen molar-refractivity contribution in [3.8, 4) is 0 Å². The van der Waals surface area contributed by atoms with Gasteiger partial charge in [-0.05, 0) is 36.1 Å². The van der Waals surface area contributed by atoms with Gasteiger partial charge in [-0.3, -0.25) is 9.20 Å². The number of fused-ring (bicyclic) bond motifs is 1. The summed E-state index contributed by atoms with van der Waals surface area (Å²) in [6.45, 7) is 4.34. The van der Waals surface area contributed by atoms with Gasteiger partial charge in [0.1, 0.15) is 0 Å². The third-order valence-corrected chi connectivity index (χ3v) is 5.53. The van der Waals surface area contributed by atoms with Crippen molar-refractivity contribution in [3.05, 3.63) is 52.1 Å². The van der Waals surface area contributed by atoms with Crippen LogP contribution in [-0.2, 0) is 4.79 Å². The Hall–Kier alpha value is -1.76. The Morgan fingerprint density at radius 3 is 2.69 bits per heavy atom. The summed E-state index contributed by atoms with van der Waals surface area (Å²) in [5.74, 6) is 0.601. The molecule has 0 saturated heterocycles. The minimum Gasteiger partial charge on any atom is -0.325 e. The van der Waals surface area contributed by atoms with Crippen molar-refractivity contribution in [2.45, 2.75) is 31.3 Å². The van der Waals surface area contributed by atoms with E-state index in [0.717, 1.165) is 12.1 Å². The van der Waals surface area contributed by atoms with Gasteiger partial charge in [0.05, 0.1) is 15.8 Å². The first kappa shape index (κ1) is 19.0. The molecule has 2 aromatic heterocycles. The second-order valence-electron chi connectivity index (χ2n) is 5.95. The minimum atomic E-state index is -0.115. The third-order valence-electron chi connectivity index (χ3n) is 4.10. The van der Waals surface area contributed by atoms with Crippen LogP contribution in [0.3, 0.4) is 0 Å². The number of rotatable bonds is 6. The number of hydrogen-bond acceptors (Lipinski definition) is 4. The number of amides is 1. The van der Waals surface area contributed by atoms with E-state index in [4.69, 9.17) is 23.2 Å². The first-order valence-electron chi connectivity index (χ1n) is 8.20. The van der Waals surface area contributed by atoms with Gasteiger partial charge >= 0.3 is 0 Å². The number of nitrogens with zero attached hydrogens (tertiary/aromatic N) is 3. The van der Waals surface area contributed by atoms with Gasteiger partial charge in [0.15, 0.2) is 10.8 Å². The molecule has 1 aromatic carbocycles. The minimum absolute atomic E-state index is 0.115. The predicted octanol–water partition coefficient (Wildman–Crippen LogP) is 5.28. The van der Waals surface area contributed by atoms with Crippen LogP contribution in [0, 0.1) is 0 Å². The summed E-state index contributed by atoms with van der Waals surface area (Å²) in [6.07, 6.45) is 2.76. The summed E-state index contributed by atoms with van der Waals surface area (Å²) in [5.41, 5.74) is 2.56. The van der Waals surface area contributed by atoms with Crippen molar-refractivity contribution in [2.75, 3.05) is 11.1 Å². The highest BCUT2D eigenvalue weighted by Gasteiger charge is 2.12. The standard InChI is InChI=1S/C18H18Cl2N4OS/c1-3-11(2)12-4-6-14(7-5-12)21-16(25)10-26-18-23-22-17-15(20)8-13(19)9-24(17)18/h4-9,11H,3,10H2,1-2H3,(H,21,25)/t11-/m1/s1. The van der Waals surface area contributed by atoms with E-state index in [0.29, 0.717) is 26.8 Å². The van der Waals surface area contributed by atoms with Crippen molar-refractivity contribution in [1.82, 2.24) is 14.6 Å². The molecule has 0 aliphatic carbocycles. The van der Waals surface area contributed by atoms with E-state index in [2.05, 4.69) is 29.4 Å². The Balaban J connectivity index is 1.62. The highest BCUT2D eigenvalue weighted by Crippen LogP contribution is 2.25. The Bertz CT molecular complexity index is 927. The Morgan fingerprint density at radius 1 is 1.27 bits per heavy atom. The zero-order valence-corrected chi connectivity index (χ0v) is 16.7. The topological polar surface area (TPSA) is 59.3 Å². The van der Waals surface area contributed by atoms with E-state index in [9.17, 15) is 4.79 Å². The molecule has 5 nitrogen and oxygen atoms in total. The maximum absolute atomic E-state index is 12.2. The molecule has 1 amide bonds. The number of thioether (sulfide) groups is 1. The monoisotopic (exact) mass is 408 g/mol. The molecule has 0 unspecified atom stereocenters. The van der Waals surface area contributed by atoms with E-state index in [1.165, 1.54) is 17.3 Å². The summed E-state index contributed by atoms with van der Waals surface area (Å²) in [4.78, 5) is 12.2. The first-order valence-corrected chi connectivity index (χ1v) is 9.94. The molecule has 1 N–H and O–H groups in total. The fourth-order valence-electron chi connectivity index (χ4n) is 2.46. The summed E-state index contributed by atoms with van der Waals surface area (Å²) in [6, 6.07) is 9.56. The number of carbonyl (C=O) groups is 1. The van der Waals surface area contributed by atoms with Crippen LogP contribution in [0.15, 0.2) is 41.7 Å². The van der Waals surface area contributed by atoms with Gasteiger partial charge in [-0.15, -0.1) is 10.2 Å². The molecule has 0 aliphatic rings. The lowest BCUT2D eigenvalue weighted by atomic mass is 9.99. The zero-order valence-electron chi connectivity index (χ0n) is 14.4. The number of benzene rings is 1. The largest absolute Gasteiger partial charge is 0.325 e. The quantitative estimate of drug-likeness (QED) is 0.563. The van der Waals surface area contributed by atoms with E-state index >= 15 is 0 Å². The van der Waals surface area contributed by atoms with Gasteiger partial charge in [0.25, 0.3) is 0 Å². The molecule has 0 spiro atoms. The summed E-state index contributed by atoms with van der Waals surface area (Å²) in [7, 11) is 0. The third kappa shape index (κ3) is 4.31. The van der Waals surface area contributed by atoms with E-state index in [1.54, 1.807) is 16.7 Å². The summed E-state index contributed by atoms with van der Waals surface area (Å²) < 4.78 is 1.68. The Morgan fingerprint density at radius 2 is 2.00 bits per heavy atom. The highest BCUT2D eigenvalue weighted by atomic mass is 35.5. The zero-order chi connectivity index (χ0) is 18.7. The average molecular weight is 409 g/mol. The molecular formula is C18H18Cl2N4OS. The lowest BCUT2D eigenvalue weighted by Crippen LogP contribution is -2.14. The fraction of sp³-hybridized carbons (Fsp3) is 0.278. The number of aromatic nitrogens is 3. The second kappa shape index (κ2) is 8.29. The van der Waals surface area contributed by atoms with Gasteiger partial charge in [-0.2, -0.15) is 0 Å². The lowest BCUT2D eigenvalue weighted by molar-refractivity contribution is -0.113. The van der Waals surface area contributed by atoms with Gasteiger partial charge in [0, 0.05) is 11.9 Å². The van der Waals surface area contributed by atoms with E-state index in [1.807, 2.05) is 24.3 Å². The number of halogens is 2. The van der Waals surface area contributed by atoms with Crippen molar-refractivity contribution in [1.29, 1.82) is 0 Å². The maximum atomic E-state index is 12.2. The average Bonchev–Trinajstić information content (AvgIpc) is 3.03. The maximum Gasteiger partial charge on any atom is 0.234 e.